The van der Waals surface area contributed by atoms with Crippen molar-refractivity contribution in [2.45, 2.75) is 92.5 Å². The van der Waals surface area contributed by atoms with E-state index < -0.39 is 0 Å². The molecule has 14 heteroatoms. The number of nitrogens with zero attached hydrogens (tertiary/aromatic N) is 7. The van der Waals surface area contributed by atoms with Gasteiger partial charge in [-0.25, -0.2) is 14.5 Å². The molecular weight excluding hydrogens is 610 g/mol. The van der Waals surface area contributed by atoms with Crippen LogP contribution >= 0.6 is 0 Å². The van der Waals surface area contributed by atoms with Crippen LogP contribution in [-0.2, 0) is 20.9 Å². The summed E-state index contributed by atoms with van der Waals surface area (Å²) in [6, 6.07) is 7.77. The summed E-state index contributed by atoms with van der Waals surface area (Å²) >= 11 is 0. The predicted molar refractivity (Wildman–Crippen MR) is 192 cm³/mol. The summed E-state index contributed by atoms with van der Waals surface area (Å²) in [5, 5.41) is 9.80. The number of rotatable bonds is 11. The predicted octanol–water partition coefficient (Wildman–Crippen LogP) is 3.91. The van der Waals surface area contributed by atoms with Crippen LogP contribution in [0.2, 0.25) is 0 Å². The number of pyridine rings is 1. The molecule has 0 unspecified atom stereocenters. The maximum absolute atomic E-state index is 12.2. The first-order chi connectivity index (χ1) is 23.2. The molecule has 6 N–H and O–H groups in total. The average molecular weight is 666 g/mol. The van der Waals surface area contributed by atoms with Gasteiger partial charge in [-0.3, -0.25) is 24.6 Å². The first kappa shape index (κ1) is 41.0. The number of anilines is 1. The summed E-state index contributed by atoms with van der Waals surface area (Å²) in [7, 11) is 3.28. The molecule has 5 rings (SSSR count). The molecule has 3 heterocycles. The molecule has 0 atom stereocenters. The number of hydrogen-bond acceptors (Lipinski definition) is 9. The number of carbonyl (C=O) groups excluding carboxylic acids is 3. The summed E-state index contributed by atoms with van der Waals surface area (Å²) in [4.78, 5) is 49.8. The molecule has 0 spiro atoms. The number of aromatic nitrogens is 4. The number of aryl methyl sites for hydroxylation is 1. The van der Waals surface area contributed by atoms with Crippen molar-refractivity contribution < 1.29 is 14.4 Å². The second-order valence-electron chi connectivity index (χ2n) is 10.4. The minimum Gasteiger partial charge on any atom is -0.402 e. The van der Waals surface area contributed by atoms with Crippen molar-refractivity contribution in [1.29, 1.82) is 0 Å². The second kappa shape index (κ2) is 21.7. The van der Waals surface area contributed by atoms with E-state index in [0.717, 1.165) is 35.4 Å². The summed E-state index contributed by atoms with van der Waals surface area (Å²) in [6.07, 6.45) is 8.85. The van der Waals surface area contributed by atoms with Crippen molar-refractivity contribution in [3.05, 3.63) is 65.3 Å². The van der Waals surface area contributed by atoms with Gasteiger partial charge < -0.3 is 21.7 Å². The topological polar surface area (TPSA) is 189 Å². The molecule has 0 aliphatic heterocycles. The van der Waals surface area contributed by atoms with Crippen molar-refractivity contribution in [2.75, 3.05) is 25.5 Å². The van der Waals surface area contributed by atoms with Gasteiger partial charge in [-0.2, -0.15) is 10.1 Å². The molecule has 3 amide bonds. The molecule has 2 fully saturated rings. The van der Waals surface area contributed by atoms with Gasteiger partial charge in [0.25, 0.3) is 0 Å². The lowest BCUT2D eigenvalue weighted by atomic mass is 10.1. The van der Waals surface area contributed by atoms with Crippen LogP contribution in [0.1, 0.15) is 102 Å². The number of aliphatic imine (C=N–C) groups is 1. The Morgan fingerprint density at radius 1 is 1.04 bits per heavy atom. The number of hydrogen-bond donors (Lipinski definition) is 4. The van der Waals surface area contributed by atoms with Gasteiger partial charge in [0, 0.05) is 38.1 Å². The molecule has 2 aliphatic rings. The maximum Gasteiger partial charge on any atom is 0.242 e. The molecule has 48 heavy (non-hydrogen) atoms. The maximum atomic E-state index is 12.2. The first-order valence-electron chi connectivity index (χ1n) is 16.7. The van der Waals surface area contributed by atoms with E-state index in [1.807, 2.05) is 78.9 Å². The fourth-order valence-corrected chi connectivity index (χ4v) is 4.10. The van der Waals surface area contributed by atoms with Gasteiger partial charge in [0.1, 0.15) is 24.0 Å². The van der Waals surface area contributed by atoms with Crippen LogP contribution < -0.4 is 27.0 Å². The van der Waals surface area contributed by atoms with Crippen LogP contribution in [-0.4, -0.2) is 69.8 Å². The molecule has 3 aromatic heterocycles. The number of likely N-dealkylation sites (N-methyl/N-ethyl adjacent to an activating group) is 1. The summed E-state index contributed by atoms with van der Waals surface area (Å²) in [6.45, 7) is 14.2. The zero-order valence-electron chi connectivity index (χ0n) is 30.0. The van der Waals surface area contributed by atoms with Crippen molar-refractivity contribution in [2.24, 2.45) is 16.5 Å². The molecule has 2 aliphatic carbocycles. The van der Waals surface area contributed by atoms with E-state index in [0.29, 0.717) is 36.2 Å². The zero-order chi connectivity index (χ0) is 36.2. The van der Waals surface area contributed by atoms with Gasteiger partial charge in [0.15, 0.2) is 0 Å². The van der Waals surface area contributed by atoms with Crippen LogP contribution in [0.5, 0.6) is 0 Å². The highest BCUT2D eigenvalue weighted by Crippen LogP contribution is 2.41. The van der Waals surface area contributed by atoms with Crippen molar-refractivity contribution in [3.8, 4) is 0 Å². The van der Waals surface area contributed by atoms with E-state index in [2.05, 4.69) is 30.7 Å². The zero-order valence-corrected chi connectivity index (χ0v) is 30.0. The Morgan fingerprint density at radius 3 is 2.21 bits per heavy atom. The van der Waals surface area contributed by atoms with Gasteiger partial charge in [-0.15, -0.1) is 0 Å². The lowest BCUT2D eigenvalue weighted by molar-refractivity contribution is -0.128. The SMILES string of the molecule is CC.CC.CC.CN(C)C(=O)CN(C=O)c1cc(C2CC2)cc2cc(CNC(=C/N)/N=C(\N)NC=O)nn12.Cc1ccnc(C2CC2)n1. The van der Waals surface area contributed by atoms with E-state index in [-0.39, 0.29) is 30.8 Å². The fourth-order valence-electron chi connectivity index (χ4n) is 4.10. The van der Waals surface area contributed by atoms with Gasteiger partial charge in [0.05, 0.1) is 17.8 Å². The minimum atomic E-state index is -0.201. The Labute approximate surface area is 285 Å². The molecule has 0 radical (unpaired) electrons. The van der Waals surface area contributed by atoms with Gasteiger partial charge >= 0.3 is 0 Å². The Bertz CT molecular complexity index is 1490. The highest BCUT2D eigenvalue weighted by Gasteiger charge is 2.27. The van der Waals surface area contributed by atoms with E-state index in [9.17, 15) is 14.4 Å². The van der Waals surface area contributed by atoms with Gasteiger partial charge in [0.2, 0.25) is 24.7 Å². The lowest BCUT2D eigenvalue weighted by Crippen LogP contribution is -2.36. The smallest absolute Gasteiger partial charge is 0.242 e. The Balaban J connectivity index is 0.000000595. The molecule has 2 saturated carbocycles. The first-order valence-corrected chi connectivity index (χ1v) is 16.7. The Morgan fingerprint density at radius 2 is 1.69 bits per heavy atom. The van der Waals surface area contributed by atoms with Gasteiger partial charge in [-0.05, 0) is 68.4 Å². The molecule has 3 aromatic rings. The lowest BCUT2D eigenvalue weighted by Gasteiger charge is -2.21. The van der Waals surface area contributed by atoms with Gasteiger partial charge in [-0.1, -0.05) is 41.5 Å². The largest absolute Gasteiger partial charge is 0.402 e. The van der Waals surface area contributed by atoms with Crippen LogP contribution in [0.3, 0.4) is 0 Å². The van der Waals surface area contributed by atoms with Crippen LogP contribution in [0.15, 0.2) is 47.5 Å². The highest BCUT2D eigenvalue weighted by molar-refractivity contribution is 5.88. The van der Waals surface area contributed by atoms with Crippen LogP contribution in [0, 0.1) is 6.92 Å². The minimum absolute atomic E-state index is 0.0923. The number of carbonyl (C=O) groups is 3. The molecule has 14 nitrogen and oxygen atoms in total. The number of fused-ring (bicyclic) bond motifs is 1. The summed E-state index contributed by atoms with van der Waals surface area (Å²) < 4.78 is 1.64. The quantitative estimate of drug-likeness (QED) is 0.134. The van der Waals surface area contributed by atoms with E-state index in [1.54, 1.807) is 18.6 Å². The number of guanidine groups is 1. The monoisotopic (exact) mass is 665 g/mol. The summed E-state index contributed by atoms with van der Waals surface area (Å²) in [5.41, 5.74) is 14.8. The van der Waals surface area contributed by atoms with Crippen LogP contribution in [0.4, 0.5) is 5.82 Å². The second-order valence-corrected chi connectivity index (χ2v) is 10.4. The molecular formula is C34H55N11O3. The Kier molecular flexibility index (Phi) is 18.6. The average Bonchev–Trinajstić information content (AvgIpc) is 4.05. The number of nitrogens with two attached hydrogens (primary N) is 2. The normalized spacial score (nSPS) is 13.4. The third kappa shape index (κ3) is 13.0. The highest BCUT2D eigenvalue weighted by atomic mass is 16.2. The van der Waals surface area contributed by atoms with Crippen molar-refractivity contribution in [3.63, 3.8) is 0 Å². The van der Waals surface area contributed by atoms with E-state index in [1.165, 1.54) is 28.8 Å². The molecule has 0 saturated heterocycles. The fraction of sp³-hybridized carbons (Fsp3) is 0.500. The molecule has 264 valence electrons. The number of amides is 3. The number of nitrogens with one attached hydrogen (secondary N) is 2. The van der Waals surface area contributed by atoms with E-state index >= 15 is 0 Å². The third-order valence-electron chi connectivity index (χ3n) is 6.70. The van der Waals surface area contributed by atoms with E-state index in [4.69, 9.17) is 11.5 Å². The van der Waals surface area contributed by atoms with Crippen molar-refractivity contribution >= 4 is 36.0 Å². The Hall–Kier alpha value is -5.01. The summed E-state index contributed by atoms with van der Waals surface area (Å²) in [5.74, 6) is 2.63. The molecule has 0 bridgehead atoms. The third-order valence-corrected chi connectivity index (χ3v) is 6.70. The van der Waals surface area contributed by atoms with Crippen molar-refractivity contribution in [1.82, 2.24) is 35.1 Å². The standard InChI is InChI=1S/C20H27N9O3.C8H10N2.3C2H6/c1-27(2)19(32)10-28(12-31)18-6-14(13-3-4-13)5-16-7-15(26-29(16)18)9-23-17(8-21)25-20(22)24-11-30;1-6-4-5-9-8(10-6)7-2-3-7;3*1-2/h5-8,11-13,23H,3-4,9-10,21H2,1-2H3,(H3,22,24,25,30);4-5,7H,2-3H2,1H3;3*1-2H3/b17-8-;;;;. The van der Waals surface area contributed by atoms with Crippen LogP contribution in [0.25, 0.3) is 5.52 Å². The molecule has 0 aromatic carbocycles.